The minimum absolute atomic E-state index is 0.00200. The van der Waals surface area contributed by atoms with E-state index in [1.165, 1.54) is 23.1 Å². The minimum Gasteiger partial charge on any atom is -0.369 e. The van der Waals surface area contributed by atoms with Gasteiger partial charge in [-0.3, -0.25) is 9.52 Å². The third kappa shape index (κ3) is 4.76. The number of nitrogens with one attached hydrogen (secondary N) is 1. The average Bonchev–Trinajstić information content (AvgIpc) is 2.47. The van der Waals surface area contributed by atoms with E-state index >= 15 is 0 Å². The number of benzene rings is 1. The van der Waals surface area contributed by atoms with Gasteiger partial charge in [0.2, 0.25) is 10.0 Å². The Morgan fingerprint density at radius 3 is 2.78 bits per heavy atom. The molecule has 1 fully saturated rings. The second-order valence-electron chi connectivity index (χ2n) is 5.06. The summed E-state index contributed by atoms with van der Waals surface area (Å²) < 4.78 is 55.4. The molecule has 0 spiro atoms. The van der Waals surface area contributed by atoms with E-state index < -0.39 is 28.5 Å². The Kier molecular flexibility index (Phi) is 5.43. The molecule has 1 aromatic rings. The summed E-state index contributed by atoms with van der Waals surface area (Å²) in [5.41, 5.74) is 0.0415. The van der Waals surface area contributed by atoms with Crippen molar-refractivity contribution in [1.82, 2.24) is 4.90 Å². The third-order valence-electron chi connectivity index (χ3n) is 3.17. The zero-order chi connectivity index (χ0) is 17.2. The molecule has 1 saturated heterocycles. The second kappa shape index (κ2) is 6.98. The molecule has 128 valence electrons. The van der Waals surface area contributed by atoms with Gasteiger partial charge in [0.15, 0.2) is 0 Å². The van der Waals surface area contributed by atoms with E-state index in [1.807, 2.05) is 0 Å². The molecule has 1 heterocycles. The molecule has 2 rings (SSSR count). The summed E-state index contributed by atoms with van der Waals surface area (Å²) in [6, 6.07) is 4.07. The van der Waals surface area contributed by atoms with Gasteiger partial charge >= 0.3 is 0 Å². The summed E-state index contributed by atoms with van der Waals surface area (Å²) >= 11 is 5.86. The summed E-state index contributed by atoms with van der Waals surface area (Å²) in [6.45, 7) is -0.162. The van der Waals surface area contributed by atoms with Gasteiger partial charge in [0, 0.05) is 11.6 Å². The third-order valence-corrected chi connectivity index (χ3v) is 3.99. The molecule has 0 saturated carbocycles. The monoisotopic (exact) mass is 368 g/mol. The molecule has 1 amide bonds. The maximum atomic E-state index is 12.7. The summed E-state index contributed by atoms with van der Waals surface area (Å²) in [7, 11) is -3.61. The van der Waals surface area contributed by atoms with Crippen LogP contribution in [0.25, 0.3) is 0 Å². The van der Waals surface area contributed by atoms with Gasteiger partial charge in [-0.1, -0.05) is 11.6 Å². The van der Waals surface area contributed by atoms with Crippen LogP contribution in [0.4, 0.5) is 14.5 Å². The van der Waals surface area contributed by atoms with E-state index in [2.05, 4.69) is 4.72 Å². The molecule has 6 nitrogen and oxygen atoms in total. The first-order valence-corrected chi connectivity index (χ1v) is 8.90. The fourth-order valence-electron chi connectivity index (χ4n) is 2.16. The highest BCUT2D eigenvalue weighted by molar-refractivity contribution is 7.92. The van der Waals surface area contributed by atoms with Crippen LogP contribution in [0, 0.1) is 0 Å². The van der Waals surface area contributed by atoms with Crippen molar-refractivity contribution in [3.05, 3.63) is 28.8 Å². The van der Waals surface area contributed by atoms with Gasteiger partial charge in [-0.05, 0) is 18.2 Å². The highest BCUT2D eigenvalue weighted by Crippen LogP contribution is 2.24. The van der Waals surface area contributed by atoms with E-state index in [4.69, 9.17) is 16.3 Å². The lowest BCUT2D eigenvalue weighted by Gasteiger charge is -2.33. The van der Waals surface area contributed by atoms with Gasteiger partial charge in [0.05, 0.1) is 30.7 Å². The van der Waals surface area contributed by atoms with Crippen LogP contribution in [0.3, 0.4) is 0 Å². The van der Waals surface area contributed by atoms with Crippen molar-refractivity contribution in [2.75, 3.05) is 30.7 Å². The van der Waals surface area contributed by atoms with Crippen molar-refractivity contribution in [3.63, 3.8) is 0 Å². The van der Waals surface area contributed by atoms with Crippen molar-refractivity contribution in [2.24, 2.45) is 0 Å². The lowest BCUT2D eigenvalue weighted by Crippen LogP contribution is -2.48. The van der Waals surface area contributed by atoms with Crippen LogP contribution in [0.1, 0.15) is 10.4 Å². The Balaban J connectivity index is 2.29. The number of morpholine rings is 1. The number of amides is 1. The molecular weight excluding hydrogens is 354 g/mol. The molecule has 1 aromatic carbocycles. The van der Waals surface area contributed by atoms with Crippen LogP contribution < -0.4 is 4.72 Å². The van der Waals surface area contributed by atoms with Crippen LogP contribution >= 0.6 is 11.6 Å². The molecule has 1 aliphatic heterocycles. The number of ether oxygens (including phenoxy) is 1. The largest absolute Gasteiger partial charge is 0.369 e. The van der Waals surface area contributed by atoms with Crippen LogP contribution in [-0.4, -0.2) is 57.7 Å². The van der Waals surface area contributed by atoms with Crippen LogP contribution in [-0.2, 0) is 14.8 Å². The van der Waals surface area contributed by atoms with Crippen molar-refractivity contribution in [1.29, 1.82) is 0 Å². The second-order valence-corrected chi connectivity index (χ2v) is 7.24. The van der Waals surface area contributed by atoms with E-state index in [-0.39, 0.29) is 36.0 Å². The minimum atomic E-state index is -3.61. The average molecular weight is 369 g/mol. The molecule has 10 heteroatoms. The van der Waals surface area contributed by atoms with Gasteiger partial charge in [0.1, 0.15) is 6.10 Å². The molecule has 0 radical (unpaired) electrons. The quantitative estimate of drug-likeness (QED) is 0.879. The standard InChI is InChI=1S/C13H15ClF2N2O4S/c1-23(20,21)17-10-3-2-8(14)6-9(10)13(19)18-4-5-22-11(7-18)12(15)16/h2-3,6,11-12,17H,4-5,7H2,1H3. The topological polar surface area (TPSA) is 75.7 Å². The summed E-state index contributed by atoms with van der Waals surface area (Å²) in [4.78, 5) is 13.8. The Labute approximate surface area is 137 Å². The van der Waals surface area contributed by atoms with E-state index in [0.29, 0.717) is 0 Å². The van der Waals surface area contributed by atoms with Crippen LogP contribution in [0.2, 0.25) is 5.02 Å². The molecular formula is C13H15ClF2N2O4S. The number of rotatable bonds is 4. The van der Waals surface area contributed by atoms with Crippen molar-refractivity contribution < 1.29 is 26.7 Å². The Morgan fingerprint density at radius 1 is 1.48 bits per heavy atom. The normalized spacial score (nSPS) is 19.0. The number of nitrogens with zero attached hydrogens (tertiary/aromatic N) is 1. The van der Waals surface area contributed by atoms with E-state index in [1.54, 1.807) is 0 Å². The Morgan fingerprint density at radius 2 is 2.17 bits per heavy atom. The maximum absolute atomic E-state index is 12.7. The van der Waals surface area contributed by atoms with Gasteiger partial charge in [-0.25, -0.2) is 17.2 Å². The highest BCUT2D eigenvalue weighted by Gasteiger charge is 2.31. The molecule has 0 aromatic heterocycles. The predicted molar refractivity (Wildman–Crippen MR) is 81.6 cm³/mol. The van der Waals surface area contributed by atoms with Crippen LogP contribution in [0.5, 0.6) is 0 Å². The Bertz CT molecular complexity index is 699. The van der Waals surface area contributed by atoms with E-state index in [0.717, 1.165) is 6.26 Å². The number of halogens is 3. The first-order chi connectivity index (χ1) is 10.7. The SMILES string of the molecule is CS(=O)(=O)Nc1ccc(Cl)cc1C(=O)N1CCOC(C(F)F)C1. The molecule has 1 atom stereocenters. The number of carbonyl (C=O) groups is 1. The first-order valence-electron chi connectivity index (χ1n) is 6.64. The van der Waals surface area contributed by atoms with Gasteiger partial charge in [0.25, 0.3) is 12.3 Å². The molecule has 1 aliphatic rings. The maximum Gasteiger partial charge on any atom is 0.266 e. The number of carbonyl (C=O) groups excluding carboxylic acids is 1. The smallest absolute Gasteiger partial charge is 0.266 e. The van der Waals surface area contributed by atoms with Crippen molar-refractivity contribution in [3.8, 4) is 0 Å². The van der Waals surface area contributed by atoms with E-state index in [9.17, 15) is 22.0 Å². The zero-order valence-electron chi connectivity index (χ0n) is 12.1. The number of hydrogen-bond acceptors (Lipinski definition) is 4. The van der Waals surface area contributed by atoms with Crippen molar-refractivity contribution >= 4 is 33.2 Å². The van der Waals surface area contributed by atoms with Gasteiger partial charge < -0.3 is 9.64 Å². The number of anilines is 1. The molecule has 0 aliphatic carbocycles. The molecule has 23 heavy (non-hydrogen) atoms. The molecule has 1 N–H and O–H groups in total. The van der Waals surface area contributed by atoms with Gasteiger partial charge in [-0.15, -0.1) is 0 Å². The predicted octanol–water partition coefficient (Wildman–Crippen LogP) is 1.82. The first kappa shape index (κ1) is 17.9. The fourth-order valence-corrected chi connectivity index (χ4v) is 2.91. The molecule has 1 unspecified atom stereocenters. The van der Waals surface area contributed by atoms with Crippen LogP contribution in [0.15, 0.2) is 18.2 Å². The lowest BCUT2D eigenvalue weighted by molar-refractivity contribution is -0.0942. The number of sulfonamides is 1. The van der Waals surface area contributed by atoms with Crippen molar-refractivity contribution in [2.45, 2.75) is 12.5 Å². The number of alkyl halides is 2. The summed E-state index contributed by atoms with van der Waals surface area (Å²) in [5, 5.41) is 0.228. The summed E-state index contributed by atoms with van der Waals surface area (Å²) in [5.74, 6) is -0.590. The molecule has 0 bridgehead atoms. The zero-order valence-corrected chi connectivity index (χ0v) is 13.7. The fraction of sp³-hybridized carbons (Fsp3) is 0.462. The highest BCUT2D eigenvalue weighted by atomic mass is 35.5. The Hall–Kier alpha value is -1.45. The van der Waals surface area contributed by atoms with Gasteiger partial charge in [-0.2, -0.15) is 0 Å². The number of hydrogen-bond donors (Lipinski definition) is 1. The summed E-state index contributed by atoms with van der Waals surface area (Å²) in [6.07, 6.45) is -3.13. The lowest BCUT2D eigenvalue weighted by atomic mass is 10.1.